The highest BCUT2D eigenvalue weighted by Gasteiger charge is 2.23. The average molecular weight is 488 g/mol. The molecule has 1 heterocycles. The van der Waals surface area contributed by atoms with Crippen molar-refractivity contribution in [1.29, 1.82) is 0 Å². The zero-order valence-electron chi connectivity index (χ0n) is 19.1. The van der Waals surface area contributed by atoms with Crippen molar-refractivity contribution >= 4 is 29.2 Å². The summed E-state index contributed by atoms with van der Waals surface area (Å²) in [6.07, 6.45) is -1.17. The van der Waals surface area contributed by atoms with Gasteiger partial charge in [0, 0.05) is 28.0 Å². The topological polar surface area (TPSA) is 90.3 Å². The summed E-state index contributed by atoms with van der Waals surface area (Å²) in [5.41, 5.74) is 2.45. The first-order valence-corrected chi connectivity index (χ1v) is 11.2. The molecule has 1 atom stereocenters. The average Bonchev–Trinajstić information content (AvgIpc) is 2.85. The molecule has 1 amide bonds. The van der Waals surface area contributed by atoms with E-state index in [4.69, 9.17) is 16.3 Å². The van der Waals surface area contributed by atoms with E-state index in [0.717, 1.165) is 11.1 Å². The first kappa shape index (κ1) is 23.9. The largest absolute Gasteiger partial charge is 0.448 e. The quantitative estimate of drug-likeness (QED) is 0.384. The Balaban J connectivity index is 1.52. The second kappa shape index (κ2) is 10.4. The molecule has 8 heteroatoms. The predicted octanol–water partition coefficient (Wildman–Crippen LogP) is 5.05. The second-order valence-corrected chi connectivity index (χ2v) is 8.27. The highest BCUT2D eigenvalue weighted by molar-refractivity contribution is 6.30. The number of carbonyl (C=O) groups is 2. The molecule has 3 aromatic carbocycles. The van der Waals surface area contributed by atoms with E-state index in [1.54, 1.807) is 43.3 Å². The smallest absolute Gasteiger partial charge is 0.363 e. The van der Waals surface area contributed by atoms with Gasteiger partial charge in [-0.1, -0.05) is 60.1 Å². The number of benzene rings is 3. The molecule has 35 heavy (non-hydrogen) atoms. The first-order valence-electron chi connectivity index (χ1n) is 10.9. The lowest BCUT2D eigenvalue weighted by atomic mass is 10.0. The first-order chi connectivity index (χ1) is 16.8. The number of nitrogens with zero attached hydrogens (tertiary/aromatic N) is 2. The molecule has 1 unspecified atom stereocenters. The number of halogens is 1. The van der Waals surface area contributed by atoms with Crippen molar-refractivity contribution < 1.29 is 14.3 Å². The molecule has 0 radical (unpaired) electrons. The Bertz CT molecular complexity index is 1430. The lowest BCUT2D eigenvalue weighted by Gasteiger charge is -2.16. The number of anilines is 1. The van der Waals surface area contributed by atoms with Crippen molar-refractivity contribution in [2.75, 3.05) is 5.32 Å². The highest BCUT2D eigenvalue weighted by atomic mass is 35.5. The van der Waals surface area contributed by atoms with Crippen LogP contribution in [-0.4, -0.2) is 27.8 Å². The summed E-state index contributed by atoms with van der Waals surface area (Å²) in [5.74, 6) is -1.52. The second-order valence-electron chi connectivity index (χ2n) is 7.84. The number of carbonyl (C=O) groups excluding carboxylic acids is 2. The van der Waals surface area contributed by atoms with Crippen LogP contribution in [0.3, 0.4) is 0 Å². The summed E-state index contributed by atoms with van der Waals surface area (Å²) in [7, 11) is 0. The lowest BCUT2D eigenvalue weighted by Crippen LogP contribution is -2.33. The van der Waals surface area contributed by atoms with E-state index in [1.807, 2.05) is 42.5 Å². The van der Waals surface area contributed by atoms with Gasteiger partial charge in [0.05, 0.1) is 5.69 Å². The van der Waals surface area contributed by atoms with Crippen LogP contribution in [0, 0.1) is 6.92 Å². The molecule has 1 N–H and O–H groups in total. The van der Waals surface area contributed by atoms with Crippen LogP contribution in [0.15, 0.2) is 89.7 Å². The summed E-state index contributed by atoms with van der Waals surface area (Å²) in [5, 5.41) is 7.52. The third kappa shape index (κ3) is 5.47. The number of nitrogens with one attached hydrogen (secondary N) is 1. The fourth-order valence-corrected chi connectivity index (χ4v) is 3.62. The van der Waals surface area contributed by atoms with E-state index < -0.39 is 29.1 Å². The molecule has 0 aliphatic heterocycles. The normalized spacial score (nSPS) is 11.5. The third-order valence-corrected chi connectivity index (χ3v) is 5.55. The van der Waals surface area contributed by atoms with Gasteiger partial charge in [-0.25, -0.2) is 9.48 Å². The highest BCUT2D eigenvalue weighted by Crippen LogP contribution is 2.27. The van der Waals surface area contributed by atoms with Gasteiger partial charge in [0.2, 0.25) is 11.1 Å². The summed E-state index contributed by atoms with van der Waals surface area (Å²) in [4.78, 5) is 38.1. The van der Waals surface area contributed by atoms with Crippen LogP contribution in [0.1, 0.15) is 23.1 Å². The minimum Gasteiger partial charge on any atom is -0.448 e. The van der Waals surface area contributed by atoms with Crippen LogP contribution in [-0.2, 0) is 9.53 Å². The Kier molecular flexibility index (Phi) is 7.08. The van der Waals surface area contributed by atoms with Crippen molar-refractivity contribution in [3.05, 3.63) is 112 Å². The Morgan fingerprint density at radius 1 is 0.971 bits per heavy atom. The molecule has 0 bridgehead atoms. The molecule has 0 spiro atoms. The predicted molar refractivity (Wildman–Crippen MR) is 135 cm³/mol. The molecule has 0 aliphatic rings. The van der Waals surface area contributed by atoms with Crippen LogP contribution in [0.25, 0.3) is 16.8 Å². The number of aryl methyl sites for hydroxylation is 1. The Hall–Kier alpha value is -4.23. The van der Waals surface area contributed by atoms with Crippen LogP contribution in [0.5, 0.6) is 0 Å². The standard InChI is InChI=1S/C27H22ClN3O4/c1-17-16-24(32)25(30-31(17)21-14-12-20(28)13-15-21)27(34)35-18(2)26(33)29-23-11-7-6-10-22(23)19-8-4-3-5-9-19/h3-16,18H,1-2H3,(H,29,33). The summed E-state index contributed by atoms with van der Waals surface area (Å²) < 4.78 is 6.74. The molecule has 0 saturated heterocycles. The number of hydrogen-bond acceptors (Lipinski definition) is 5. The summed E-state index contributed by atoms with van der Waals surface area (Å²) in [6, 6.07) is 25.0. The molecule has 176 valence electrons. The zero-order valence-corrected chi connectivity index (χ0v) is 19.8. The van der Waals surface area contributed by atoms with Gasteiger partial charge < -0.3 is 10.1 Å². The van der Waals surface area contributed by atoms with E-state index in [2.05, 4.69) is 10.4 Å². The molecule has 0 fully saturated rings. The number of aromatic nitrogens is 2. The molecule has 0 aliphatic carbocycles. The van der Waals surface area contributed by atoms with Gasteiger partial charge in [0.15, 0.2) is 6.10 Å². The lowest BCUT2D eigenvalue weighted by molar-refractivity contribution is -0.123. The Labute approximate surface area is 206 Å². The van der Waals surface area contributed by atoms with E-state index in [9.17, 15) is 14.4 Å². The van der Waals surface area contributed by atoms with E-state index in [-0.39, 0.29) is 0 Å². The molecule has 4 rings (SSSR count). The third-order valence-electron chi connectivity index (χ3n) is 5.29. The van der Waals surface area contributed by atoms with Crippen molar-refractivity contribution in [2.24, 2.45) is 0 Å². The number of esters is 1. The number of hydrogen-bond donors (Lipinski definition) is 1. The van der Waals surface area contributed by atoms with Crippen molar-refractivity contribution in [3.8, 4) is 16.8 Å². The molecule has 1 aromatic heterocycles. The van der Waals surface area contributed by atoms with E-state index in [1.165, 1.54) is 17.7 Å². The number of ether oxygens (including phenoxy) is 1. The minimum atomic E-state index is -1.17. The van der Waals surface area contributed by atoms with Crippen LogP contribution < -0.4 is 10.7 Å². The maximum absolute atomic E-state index is 12.8. The fourth-order valence-electron chi connectivity index (χ4n) is 3.50. The van der Waals surface area contributed by atoms with Gasteiger partial charge >= 0.3 is 5.97 Å². The van der Waals surface area contributed by atoms with Gasteiger partial charge in [0.1, 0.15) is 0 Å². The zero-order chi connectivity index (χ0) is 24.9. The molecular formula is C27H22ClN3O4. The maximum atomic E-state index is 12.8. The van der Waals surface area contributed by atoms with E-state index in [0.29, 0.717) is 22.1 Å². The van der Waals surface area contributed by atoms with Gasteiger partial charge in [-0.15, -0.1) is 0 Å². The SMILES string of the molecule is Cc1cc(=O)c(C(=O)OC(C)C(=O)Nc2ccccc2-c2ccccc2)nn1-c1ccc(Cl)cc1. The van der Waals surface area contributed by atoms with Gasteiger partial charge in [-0.05, 0) is 49.7 Å². The Morgan fingerprint density at radius 2 is 1.63 bits per heavy atom. The molecule has 0 saturated carbocycles. The number of amides is 1. The van der Waals surface area contributed by atoms with E-state index >= 15 is 0 Å². The fraction of sp³-hybridized carbons (Fsp3) is 0.111. The molecule has 7 nitrogen and oxygen atoms in total. The number of rotatable bonds is 6. The molecular weight excluding hydrogens is 466 g/mol. The van der Waals surface area contributed by atoms with Crippen molar-refractivity contribution in [2.45, 2.75) is 20.0 Å². The van der Waals surface area contributed by atoms with Gasteiger partial charge in [0.25, 0.3) is 5.91 Å². The maximum Gasteiger partial charge on any atom is 0.363 e. The van der Waals surface area contributed by atoms with Gasteiger partial charge in [-0.2, -0.15) is 5.10 Å². The summed E-state index contributed by atoms with van der Waals surface area (Å²) >= 11 is 5.94. The van der Waals surface area contributed by atoms with Gasteiger partial charge in [-0.3, -0.25) is 9.59 Å². The van der Waals surface area contributed by atoms with Crippen LogP contribution in [0.4, 0.5) is 5.69 Å². The van der Waals surface area contributed by atoms with Crippen LogP contribution in [0.2, 0.25) is 5.02 Å². The number of para-hydroxylation sites is 1. The Morgan fingerprint density at radius 3 is 2.34 bits per heavy atom. The summed E-state index contributed by atoms with van der Waals surface area (Å²) in [6.45, 7) is 3.13. The van der Waals surface area contributed by atoms with Crippen molar-refractivity contribution in [1.82, 2.24) is 9.78 Å². The minimum absolute atomic E-state index is 0.421. The monoisotopic (exact) mass is 487 g/mol. The molecule has 4 aromatic rings. The van der Waals surface area contributed by atoms with Crippen molar-refractivity contribution in [3.63, 3.8) is 0 Å². The van der Waals surface area contributed by atoms with Crippen LogP contribution >= 0.6 is 11.6 Å².